The summed E-state index contributed by atoms with van der Waals surface area (Å²) in [7, 11) is 0. The fraction of sp³-hybridized carbons (Fsp3) is 0.289. The van der Waals surface area contributed by atoms with Crippen LogP contribution < -0.4 is 4.74 Å². The molecule has 3 heterocycles. The molecule has 3 aromatic heterocycles. The number of imidazole rings is 2. The van der Waals surface area contributed by atoms with Gasteiger partial charge in [0.15, 0.2) is 5.82 Å². The molecule has 0 fully saturated rings. The SMILES string of the molecule is CCCCc1nc2c(C)ccc(OCCCCCn3cnc4ccccc43)c2n1Cc1ccc(-c2ccccc2-c2nnn[nH]2)cc1. The van der Waals surface area contributed by atoms with Gasteiger partial charge in [0.2, 0.25) is 0 Å². The maximum Gasteiger partial charge on any atom is 0.180 e. The molecule has 0 saturated heterocycles. The first-order chi connectivity index (χ1) is 23.2. The van der Waals surface area contributed by atoms with E-state index in [0.717, 1.165) is 96.4 Å². The third kappa shape index (κ3) is 6.52. The van der Waals surface area contributed by atoms with E-state index in [2.05, 4.69) is 109 Å². The number of benzene rings is 4. The van der Waals surface area contributed by atoms with E-state index in [-0.39, 0.29) is 0 Å². The number of aromatic amines is 1. The molecule has 0 aliphatic rings. The van der Waals surface area contributed by atoms with Crippen LogP contribution >= 0.6 is 0 Å². The van der Waals surface area contributed by atoms with Crippen molar-refractivity contribution in [2.24, 2.45) is 0 Å². The number of rotatable bonds is 14. The van der Waals surface area contributed by atoms with Crippen molar-refractivity contribution in [3.8, 4) is 28.3 Å². The number of hydrogen-bond donors (Lipinski definition) is 1. The molecule has 1 N–H and O–H groups in total. The highest BCUT2D eigenvalue weighted by Crippen LogP contribution is 2.33. The van der Waals surface area contributed by atoms with Gasteiger partial charge in [-0.3, -0.25) is 0 Å². The molecule has 0 unspecified atom stereocenters. The average Bonchev–Trinajstić information content (AvgIpc) is 3.87. The summed E-state index contributed by atoms with van der Waals surface area (Å²) in [5.41, 5.74) is 9.93. The quantitative estimate of drug-likeness (QED) is 0.123. The summed E-state index contributed by atoms with van der Waals surface area (Å²) in [6.45, 7) is 6.73. The second-order valence-electron chi connectivity index (χ2n) is 12.1. The molecule has 0 bridgehead atoms. The van der Waals surface area contributed by atoms with Gasteiger partial charge >= 0.3 is 0 Å². The lowest BCUT2D eigenvalue weighted by atomic mass is 9.98. The van der Waals surface area contributed by atoms with Crippen LogP contribution in [0.2, 0.25) is 0 Å². The van der Waals surface area contributed by atoms with E-state index in [1.807, 2.05) is 30.6 Å². The minimum Gasteiger partial charge on any atom is -0.491 e. The number of tetrazole rings is 1. The number of H-pyrrole nitrogens is 1. The molecule has 47 heavy (non-hydrogen) atoms. The fourth-order valence-electron chi connectivity index (χ4n) is 6.31. The monoisotopic (exact) mass is 624 g/mol. The fourth-order valence-corrected chi connectivity index (χ4v) is 6.31. The third-order valence-corrected chi connectivity index (χ3v) is 8.85. The number of unbranched alkanes of at least 4 members (excludes halogenated alkanes) is 3. The second kappa shape index (κ2) is 14.0. The highest BCUT2D eigenvalue weighted by molar-refractivity contribution is 5.86. The third-order valence-electron chi connectivity index (χ3n) is 8.85. The van der Waals surface area contributed by atoms with Crippen LogP contribution in [0.15, 0.2) is 91.3 Å². The van der Waals surface area contributed by atoms with Crippen LogP contribution in [0.1, 0.15) is 56.0 Å². The van der Waals surface area contributed by atoms with Crippen molar-refractivity contribution in [1.29, 1.82) is 0 Å². The summed E-state index contributed by atoms with van der Waals surface area (Å²) in [4.78, 5) is 9.70. The molecule has 7 rings (SSSR count). The van der Waals surface area contributed by atoms with E-state index >= 15 is 0 Å². The number of nitrogens with zero attached hydrogens (tertiary/aromatic N) is 7. The molecule has 0 saturated carbocycles. The zero-order valence-electron chi connectivity index (χ0n) is 27.1. The van der Waals surface area contributed by atoms with Gasteiger partial charge in [0.1, 0.15) is 17.1 Å². The summed E-state index contributed by atoms with van der Waals surface area (Å²) < 4.78 is 11.1. The molecule has 4 aromatic carbocycles. The maximum atomic E-state index is 6.50. The van der Waals surface area contributed by atoms with Gasteiger partial charge < -0.3 is 13.9 Å². The first kappa shape index (κ1) is 30.3. The lowest BCUT2D eigenvalue weighted by molar-refractivity contribution is 0.306. The van der Waals surface area contributed by atoms with Crippen molar-refractivity contribution < 1.29 is 4.74 Å². The normalized spacial score (nSPS) is 11.5. The summed E-state index contributed by atoms with van der Waals surface area (Å²) in [5, 5.41) is 14.6. The van der Waals surface area contributed by atoms with Crippen LogP contribution in [-0.4, -0.2) is 46.3 Å². The summed E-state index contributed by atoms with van der Waals surface area (Å²) >= 11 is 0. The van der Waals surface area contributed by atoms with E-state index < -0.39 is 0 Å². The van der Waals surface area contributed by atoms with E-state index in [0.29, 0.717) is 12.4 Å². The predicted octanol–water partition coefficient (Wildman–Crippen LogP) is 8.18. The van der Waals surface area contributed by atoms with Crippen LogP contribution in [0.4, 0.5) is 0 Å². The molecule has 0 radical (unpaired) electrons. The molecular formula is C38H40N8O. The maximum absolute atomic E-state index is 6.50. The lowest BCUT2D eigenvalue weighted by Crippen LogP contribution is -2.07. The molecule has 0 spiro atoms. The minimum atomic E-state index is 0.657. The number of para-hydroxylation sites is 2. The highest BCUT2D eigenvalue weighted by atomic mass is 16.5. The van der Waals surface area contributed by atoms with E-state index in [1.54, 1.807) is 0 Å². The molecular weight excluding hydrogens is 584 g/mol. The summed E-state index contributed by atoms with van der Waals surface area (Å²) in [5.74, 6) is 2.68. The van der Waals surface area contributed by atoms with E-state index in [1.165, 1.54) is 16.6 Å². The molecule has 9 heteroatoms. The standard InChI is InChI=1S/C38H40N8O/c1-3-4-16-35-40-36-27(2)17-22-34(47-24-11-5-10-23-45-26-39-32-14-8-9-15-33(32)45)37(36)46(35)25-28-18-20-29(21-19-28)30-12-6-7-13-31(30)38-41-43-44-42-38/h6-9,12-15,17-22,26H,3-5,10-11,16,23-25H2,1-2H3,(H,41,42,43,44). The Labute approximate surface area is 274 Å². The van der Waals surface area contributed by atoms with Crippen molar-refractivity contribution in [3.05, 3.63) is 108 Å². The number of aryl methyl sites for hydroxylation is 3. The van der Waals surface area contributed by atoms with Gasteiger partial charge in [0, 0.05) is 25.1 Å². The van der Waals surface area contributed by atoms with Crippen molar-refractivity contribution in [2.45, 2.75) is 65.5 Å². The zero-order chi connectivity index (χ0) is 32.0. The number of ether oxygens (including phenoxy) is 1. The minimum absolute atomic E-state index is 0.657. The molecule has 7 aromatic rings. The number of aromatic nitrogens is 8. The Balaban J connectivity index is 1.08. The molecule has 0 amide bonds. The van der Waals surface area contributed by atoms with Crippen molar-refractivity contribution >= 4 is 22.1 Å². The van der Waals surface area contributed by atoms with Gasteiger partial charge in [-0.05, 0) is 83.5 Å². The topological polar surface area (TPSA) is 99.3 Å². The van der Waals surface area contributed by atoms with Crippen LogP contribution in [-0.2, 0) is 19.5 Å². The molecule has 0 atom stereocenters. The van der Waals surface area contributed by atoms with Gasteiger partial charge in [0.05, 0.1) is 29.5 Å². The first-order valence-corrected chi connectivity index (χ1v) is 16.6. The Morgan fingerprint density at radius 1 is 0.830 bits per heavy atom. The van der Waals surface area contributed by atoms with Crippen LogP contribution in [0.3, 0.4) is 0 Å². The van der Waals surface area contributed by atoms with E-state index in [9.17, 15) is 0 Å². The number of hydrogen-bond acceptors (Lipinski definition) is 6. The summed E-state index contributed by atoms with van der Waals surface area (Å²) in [6.07, 6.45) is 8.26. The van der Waals surface area contributed by atoms with Gasteiger partial charge in [-0.15, -0.1) is 5.10 Å². The Morgan fingerprint density at radius 3 is 2.49 bits per heavy atom. The number of nitrogens with one attached hydrogen (secondary N) is 1. The first-order valence-electron chi connectivity index (χ1n) is 16.6. The summed E-state index contributed by atoms with van der Waals surface area (Å²) in [6, 6.07) is 29.5. The van der Waals surface area contributed by atoms with Gasteiger partial charge in [-0.2, -0.15) is 0 Å². The second-order valence-corrected chi connectivity index (χ2v) is 12.1. The molecule has 0 aliphatic carbocycles. The zero-order valence-corrected chi connectivity index (χ0v) is 27.1. The smallest absolute Gasteiger partial charge is 0.180 e. The van der Waals surface area contributed by atoms with Gasteiger partial charge in [-0.1, -0.05) is 80.1 Å². The largest absolute Gasteiger partial charge is 0.491 e. The van der Waals surface area contributed by atoms with Gasteiger partial charge in [0.25, 0.3) is 0 Å². The molecule has 9 nitrogen and oxygen atoms in total. The Hall–Kier alpha value is -5.31. The molecule has 0 aliphatic heterocycles. The lowest BCUT2D eigenvalue weighted by Gasteiger charge is -2.14. The van der Waals surface area contributed by atoms with Crippen molar-refractivity contribution in [1.82, 2.24) is 39.7 Å². The van der Waals surface area contributed by atoms with Gasteiger partial charge in [-0.25, -0.2) is 15.1 Å². The number of fused-ring (bicyclic) bond motifs is 2. The van der Waals surface area contributed by atoms with Crippen molar-refractivity contribution in [2.75, 3.05) is 6.61 Å². The Morgan fingerprint density at radius 2 is 1.66 bits per heavy atom. The van der Waals surface area contributed by atoms with Crippen molar-refractivity contribution in [3.63, 3.8) is 0 Å². The predicted molar refractivity (Wildman–Crippen MR) is 186 cm³/mol. The Kier molecular flexibility index (Phi) is 9.03. The molecule has 238 valence electrons. The van der Waals surface area contributed by atoms with E-state index in [4.69, 9.17) is 9.72 Å². The Bertz CT molecular complexity index is 2080. The van der Waals surface area contributed by atoms with Crippen LogP contribution in [0.25, 0.3) is 44.6 Å². The van der Waals surface area contributed by atoms with Crippen LogP contribution in [0, 0.1) is 6.92 Å². The van der Waals surface area contributed by atoms with Crippen LogP contribution in [0.5, 0.6) is 5.75 Å². The average molecular weight is 625 g/mol. The highest BCUT2D eigenvalue weighted by Gasteiger charge is 2.18.